The van der Waals surface area contributed by atoms with Gasteiger partial charge in [0.15, 0.2) is 0 Å². The van der Waals surface area contributed by atoms with Crippen LogP contribution in [0.25, 0.3) is 0 Å². The van der Waals surface area contributed by atoms with Crippen LogP contribution in [0.1, 0.15) is 21.5 Å². The van der Waals surface area contributed by atoms with Gasteiger partial charge in [-0.25, -0.2) is 0 Å². The van der Waals surface area contributed by atoms with Gasteiger partial charge in [0, 0.05) is 15.1 Å². The molecule has 0 spiro atoms. The second kappa shape index (κ2) is 5.85. The highest BCUT2D eigenvalue weighted by Crippen LogP contribution is 2.25. The molecule has 0 atom stereocenters. The number of hydrogen-bond donors (Lipinski definition) is 2. The van der Waals surface area contributed by atoms with Crippen molar-refractivity contribution in [3.63, 3.8) is 0 Å². The zero-order chi connectivity index (χ0) is 14.9. The largest absolute Gasteiger partial charge is 0.397 e. The zero-order valence-electron chi connectivity index (χ0n) is 11.1. The first-order valence-electron chi connectivity index (χ1n) is 6.01. The molecule has 0 fully saturated rings. The summed E-state index contributed by atoms with van der Waals surface area (Å²) < 4.78 is 0.753. The quantitative estimate of drug-likeness (QED) is 0.778. The summed E-state index contributed by atoms with van der Waals surface area (Å²) in [7, 11) is 0. The number of carbonyl (C=O) groups is 1. The SMILES string of the molecule is Cc1cc(N)c(NC(=O)c2cc(Cl)cc(Br)c2)cc1C. The van der Waals surface area contributed by atoms with Gasteiger partial charge in [0.25, 0.3) is 5.91 Å². The van der Waals surface area contributed by atoms with Gasteiger partial charge < -0.3 is 11.1 Å². The number of benzene rings is 2. The van der Waals surface area contributed by atoms with Crippen LogP contribution in [0, 0.1) is 13.8 Å². The van der Waals surface area contributed by atoms with Crippen molar-refractivity contribution < 1.29 is 4.79 Å². The minimum absolute atomic E-state index is 0.247. The smallest absolute Gasteiger partial charge is 0.255 e. The lowest BCUT2D eigenvalue weighted by molar-refractivity contribution is 0.102. The number of rotatable bonds is 2. The van der Waals surface area contributed by atoms with Gasteiger partial charge in [-0.3, -0.25) is 4.79 Å². The molecule has 5 heteroatoms. The molecule has 0 aliphatic carbocycles. The summed E-state index contributed by atoms with van der Waals surface area (Å²) in [5, 5.41) is 3.30. The molecule has 2 rings (SSSR count). The first-order valence-corrected chi connectivity index (χ1v) is 7.18. The number of nitrogens with one attached hydrogen (secondary N) is 1. The Labute approximate surface area is 131 Å². The maximum absolute atomic E-state index is 12.2. The molecule has 0 unspecified atom stereocenters. The number of nitrogen functional groups attached to an aromatic ring is 1. The molecule has 20 heavy (non-hydrogen) atoms. The fraction of sp³-hybridized carbons (Fsp3) is 0.133. The van der Waals surface area contributed by atoms with Crippen LogP contribution in [0.4, 0.5) is 11.4 Å². The molecule has 3 N–H and O–H groups in total. The average molecular weight is 354 g/mol. The average Bonchev–Trinajstić information content (AvgIpc) is 2.34. The number of aryl methyl sites for hydroxylation is 2. The summed E-state index contributed by atoms with van der Waals surface area (Å²) in [4.78, 5) is 12.2. The van der Waals surface area contributed by atoms with Gasteiger partial charge in [-0.05, 0) is 55.3 Å². The van der Waals surface area contributed by atoms with Gasteiger partial charge >= 0.3 is 0 Å². The van der Waals surface area contributed by atoms with Crippen LogP contribution in [-0.4, -0.2) is 5.91 Å². The summed E-state index contributed by atoms with van der Waals surface area (Å²) in [6.07, 6.45) is 0. The second-order valence-corrected chi connectivity index (χ2v) is 5.99. The van der Waals surface area contributed by atoms with Crippen LogP contribution < -0.4 is 11.1 Å². The summed E-state index contributed by atoms with van der Waals surface area (Å²) in [6, 6.07) is 8.75. The summed E-state index contributed by atoms with van der Waals surface area (Å²) in [5.41, 5.74) is 9.71. The lowest BCUT2D eigenvalue weighted by Gasteiger charge is -2.11. The lowest BCUT2D eigenvalue weighted by atomic mass is 10.1. The Kier molecular flexibility index (Phi) is 4.35. The van der Waals surface area contributed by atoms with Gasteiger partial charge in [-0.2, -0.15) is 0 Å². The van der Waals surface area contributed by atoms with E-state index in [1.165, 1.54) is 0 Å². The number of anilines is 2. The molecule has 0 aliphatic rings. The van der Waals surface area contributed by atoms with Crippen LogP contribution in [0.5, 0.6) is 0 Å². The van der Waals surface area contributed by atoms with Gasteiger partial charge in [0.2, 0.25) is 0 Å². The number of halogens is 2. The fourth-order valence-electron chi connectivity index (χ4n) is 1.83. The van der Waals surface area contributed by atoms with Crippen molar-refractivity contribution in [2.75, 3.05) is 11.1 Å². The third-order valence-electron chi connectivity index (χ3n) is 3.04. The third kappa shape index (κ3) is 3.32. The van der Waals surface area contributed by atoms with E-state index in [1.807, 2.05) is 26.0 Å². The van der Waals surface area contributed by atoms with E-state index in [4.69, 9.17) is 17.3 Å². The third-order valence-corrected chi connectivity index (χ3v) is 3.71. The van der Waals surface area contributed by atoms with Gasteiger partial charge in [-0.15, -0.1) is 0 Å². The standard InChI is InChI=1S/C15H14BrClN2O/c1-8-3-13(18)14(4-9(8)2)19-15(20)10-5-11(16)7-12(17)6-10/h3-7H,18H2,1-2H3,(H,19,20). The van der Waals surface area contributed by atoms with E-state index >= 15 is 0 Å². The van der Waals surface area contributed by atoms with Crippen molar-refractivity contribution >= 4 is 44.8 Å². The topological polar surface area (TPSA) is 55.1 Å². The highest BCUT2D eigenvalue weighted by molar-refractivity contribution is 9.10. The monoisotopic (exact) mass is 352 g/mol. The first kappa shape index (κ1) is 14.9. The summed E-state index contributed by atoms with van der Waals surface area (Å²) in [5.74, 6) is -0.247. The Morgan fingerprint density at radius 2 is 1.80 bits per heavy atom. The molecule has 0 heterocycles. The maximum atomic E-state index is 12.2. The van der Waals surface area contributed by atoms with Crippen LogP contribution in [0.2, 0.25) is 5.02 Å². The van der Waals surface area contributed by atoms with E-state index in [1.54, 1.807) is 18.2 Å². The molecule has 0 aliphatic heterocycles. The Morgan fingerprint density at radius 1 is 1.15 bits per heavy atom. The second-order valence-electron chi connectivity index (χ2n) is 4.64. The number of nitrogens with two attached hydrogens (primary N) is 1. The molecule has 0 bridgehead atoms. The minimum Gasteiger partial charge on any atom is -0.397 e. The molecule has 0 aromatic heterocycles. The predicted molar refractivity (Wildman–Crippen MR) is 87.4 cm³/mol. The van der Waals surface area contributed by atoms with Crippen molar-refractivity contribution in [1.82, 2.24) is 0 Å². The van der Waals surface area contributed by atoms with Gasteiger partial charge in [0.05, 0.1) is 11.4 Å². The molecule has 0 saturated carbocycles. The van der Waals surface area contributed by atoms with E-state index in [0.717, 1.165) is 15.6 Å². The van der Waals surface area contributed by atoms with Crippen molar-refractivity contribution in [3.8, 4) is 0 Å². The Balaban J connectivity index is 2.30. The van der Waals surface area contributed by atoms with Crippen molar-refractivity contribution in [2.45, 2.75) is 13.8 Å². The maximum Gasteiger partial charge on any atom is 0.255 e. The molecule has 2 aromatic carbocycles. The molecular weight excluding hydrogens is 340 g/mol. The van der Waals surface area contributed by atoms with E-state index in [-0.39, 0.29) is 5.91 Å². The highest BCUT2D eigenvalue weighted by atomic mass is 79.9. The first-order chi connectivity index (χ1) is 9.36. The Morgan fingerprint density at radius 3 is 2.45 bits per heavy atom. The van der Waals surface area contributed by atoms with Gasteiger partial charge in [-0.1, -0.05) is 27.5 Å². The van der Waals surface area contributed by atoms with Crippen LogP contribution in [0.3, 0.4) is 0 Å². The predicted octanol–water partition coefficient (Wildman–Crippen LogP) is 4.55. The minimum atomic E-state index is -0.247. The fourth-order valence-corrected chi connectivity index (χ4v) is 2.69. The van der Waals surface area contributed by atoms with Crippen molar-refractivity contribution in [1.29, 1.82) is 0 Å². The molecule has 2 aromatic rings. The molecule has 104 valence electrons. The van der Waals surface area contributed by atoms with Crippen molar-refractivity contribution in [2.24, 2.45) is 0 Å². The number of carbonyl (C=O) groups excluding carboxylic acids is 1. The van der Waals surface area contributed by atoms with E-state index in [0.29, 0.717) is 22.0 Å². The zero-order valence-corrected chi connectivity index (χ0v) is 13.5. The molecule has 3 nitrogen and oxygen atoms in total. The summed E-state index contributed by atoms with van der Waals surface area (Å²) in [6.45, 7) is 3.95. The summed E-state index contributed by atoms with van der Waals surface area (Å²) >= 11 is 9.25. The van der Waals surface area contributed by atoms with E-state index < -0.39 is 0 Å². The van der Waals surface area contributed by atoms with E-state index in [2.05, 4.69) is 21.2 Å². The highest BCUT2D eigenvalue weighted by Gasteiger charge is 2.10. The van der Waals surface area contributed by atoms with E-state index in [9.17, 15) is 4.79 Å². The van der Waals surface area contributed by atoms with Crippen LogP contribution in [-0.2, 0) is 0 Å². The Hall–Kier alpha value is -1.52. The van der Waals surface area contributed by atoms with Crippen LogP contribution in [0.15, 0.2) is 34.8 Å². The number of hydrogen-bond acceptors (Lipinski definition) is 2. The van der Waals surface area contributed by atoms with Crippen molar-refractivity contribution in [3.05, 3.63) is 56.5 Å². The molecule has 0 saturated heterocycles. The lowest BCUT2D eigenvalue weighted by Crippen LogP contribution is -2.13. The van der Waals surface area contributed by atoms with Gasteiger partial charge in [0.1, 0.15) is 0 Å². The molecule has 0 radical (unpaired) electrons. The molecular formula is C15H14BrClN2O. The number of amides is 1. The van der Waals surface area contributed by atoms with Crippen LogP contribution >= 0.6 is 27.5 Å². The normalized spacial score (nSPS) is 10.4. The molecule has 1 amide bonds. The Bertz CT molecular complexity index is 666.